The molecule has 0 N–H and O–H groups in total. The summed E-state index contributed by atoms with van der Waals surface area (Å²) in [6.07, 6.45) is 8.19. The van der Waals surface area contributed by atoms with E-state index in [1.807, 2.05) is 19.1 Å². The number of hydrogen-bond acceptors (Lipinski definition) is 9. The Morgan fingerprint density at radius 3 is 2.05 bits per heavy atom. The summed E-state index contributed by atoms with van der Waals surface area (Å²) in [5.74, 6) is -0.522. The normalized spacial score (nSPS) is 14.2. The van der Waals surface area contributed by atoms with Crippen molar-refractivity contribution < 1.29 is 42.5 Å². The second-order valence-corrected chi connectivity index (χ2v) is 11.8. The number of hydrogen-bond donors (Lipinski definition) is 0. The summed E-state index contributed by atoms with van der Waals surface area (Å²) in [6, 6.07) is 6.35. The molecule has 4 atom stereocenters. The fourth-order valence-electron chi connectivity index (χ4n) is 4.16. The topological polar surface area (TPSA) is 105 Å². The van der Waals surface area contributed by atoms with E-state index < -0.39 is 36.2 Å². The van der Waals surface area contributed by atoms with Crippen LogP contribution in [0.15, 0.2) is 48.6 Å². The molecule has 0 radical (unpaired) electrons. The molecule has 0 aromatic heterocycles. The molecule has 0 fully saturated rings. The number of thioether (sulfide) groups is 1. The molecule has 10 heteroatoms. The minimum Gasteiger partial charge on any atom is -0.462 e. The predicted molar refractivity (Wildman–Crippen MR) is 171 cm³/mol. The summed E-state index contributed by atoms with van der Waals surface area (Å²) in [5.41, 5.74) is 1.02. The van der Waals surface area contributed by atoms with Crippen LogP contribution in [0.3, 0.4) is 0 Å². The van der Waals surface area contributed by atoms with Crippen LogP contribution in [0.25, 0.3) is 0 Å². The third-order valence-electron chi connectivity index (χ3n) is 6.44. The third-order valence-corrected chi connectivity index (χ3v) is 7.50. The van der Waals surface area contributed by atoms with Gasteiger partial charge < -0.3 is 18.9 Å². The van der Waals surface area contributed by atoms with E-state index in [1.54, 1.807) is 43.0 Å². The maximum Gasteiger partial charge on any atom is 0.309 e. The monoisotopic (exact) mass is 636 g/mol. The van der Waals surface area contributed by atoms with Crippen LogP contribution in [0, 0.1) is 5.82 Å². The Kier molecular flexibility index (Phi) is 20.8. The van der Waals surface area contributed by atoms with E-state index in [4.69, 9.17) is 18.9 Å². The average Bonchev–Trinajstić information content (AvgIpc) is 2.95. The molecule has 0 bridgehead atoms. The molecule has 0 saturated carbocycles. The van der Waals surface area contributed by atoms with E-state index in [0.717, 1.165) is 29.9 Å². The smallest absolute Gasteiger partial charge is 0.309 e. The quantitative estimate of drug-likeness (QED) is 0.0539. The van der Waals surface area contributed by atoms with E-state index >= 15 is 0 Å². The lowest BCUT2D eigenvalue weighted by molar-refractivity contribution is -0.161. The maximum atomic E-state index is 13.0. The van der Waals surface area contributed by atoms with Crippen molar-refractivity contribution in [1.82, 2.24) is 0 Å². The largest absolute Gasteiger partial charge is 0.462 e. The van der Waals surface area contributed by atoms with Crippen LogP contribution in [0.5, 0.6) is 0 Å². The van der Waals surface area contributed by atoms with Crippen molar-refractivity contribution in [3.8, 4) is 0 Å². The van der Waals surface area contributed by atoms with Crippen molar-refractivity contribution in [3.05, 3.63) is 60.0 Å². The summed E-state index contributed by atoms with van der Waals surface area (Å²) >= 11 is 1.66. The van der Waals surface area contributed by atoms with Crippen LogP contribution in [-0.2, 0) is 43.9 Å². The van der Waals surface area contributed by atoms with Crippen LogP contribution in [0.2, 0.25) is 0 Å². The molecular formula is C34H49FO8S. The number of ether oxygens (including phenoxy) is 4. The molecular weight excluding hydrogens is 587 g/mol. The van der Waals surface area contributed by atoms with Gasteiger partial charge >= 0.3 is 17.9 Å². The van der Waals surface area contributed by atoms with Crippen LogP contribution in [-0.4, -0.2) is 61.0 Å². The van der Waals surface area contributed by atoms with Crippen molar-refractivity contribution in [2.24, 2.45) is 0 Å². The second kappa shape index (κ2) is 23.4. The molecule has 44 heavy (non-hydrogen) atoms. The number of methoxy groups -OCH3 is 1. The van der Waals surface area contributed by atoms with E-state index in [2.05, 4.69) is 6.92 Å². The van der Waals surface area contributed by atoms with E-state index in [9.17, 15) is 23.6 Å². The van der Waals surface area contributed by atoms with Crippen molar-refractivity contribution in [2.75, 3.05) is 12.9 Å². The highest BCUT2D eigenvalue weighted by Crippen LogP contribution is 2.18. The first kappa shape index (κ1) is 39.0. The van der Waals surface area contributed by atoms with Crippen LogP contribution < -0.4 is 0 Å². The molecule has 1 aromatic rings. The van der Waals surface area contributed by atoms with E-state index in [-0.39, 0.29) is 43.4 Å². The zero-order valence-corrected chi connectivity index (χ0v) is 27.6. The number of carbonyl (C=O) groups excluding carboxylic acids is 4. The Bertz CT molecular complexity index is 1060. The molecule has 1 aromatic carbocycles. The van der Waals surface area contributed by atoms with Gasteiger partial charge in [-0.3, -0.25) is 19.2 Å². The van der Waals surface area contributed by atoms with Gasteiger partial charge in [0.25, 0.3) is 0 Å². The fourth-order valence-corrected chi connectivity index (χ4v) is 5.17. The van der Waals surface area contributed by atoms with Crippen LogP contribution in [0.1, 0.15) is 91.0 Å². The molecule has 1 rings (SSSR count). The molecule has 8 nitrogen and oxygen atoms in total. The number of carbonyl (C=O) groups is 4. The zero-order chi connectivity index (χ0) is 32.7. The van der Waals surface area contributed by atoms with Gasteiger partial charge in [0.2, 0.25) is 0 Å². The molecule has 0 amide bonds. The predicted octanol–water partition coefficient (Wildman–Crippen LogP) is 7.08. The van der Waals surface area contributed by atoms with Gasteiger partial charge in [0.05, 0.1) is 25.4 Å². The van der Waals surface area contributed by atoms with Crippen LogP contribution >= 0.6 is 11.8 Å². The highest BCUT2D eigenvalue weighted by atomic mass is 32.2. The second-order valence-electron chi connectivity index (χ2n) is 10.7. The van der Waals surface area contributed by atoms with Gasteiger partial charge in [-0.2, -0.15) is 11.8 Å². The summed E-state index contributed by atoms with van der Waals surface area (Å²) in [7, 11) is 1.53. The minimum absolute atomic E-state index is 0.0395. The number of ketones is 1. The van der Waals surface area contributed by atoms with Gasteiger partial charge in [-0.1, -0.05) is 49.8 Å². The number of esters is 3. The molecule has 0 aliphatic carbocycles. The molecule has 0 saturated heterocycles. The first-order valence-electron chi connectivity index (χ1n) is 15.2. The number of rotatable bonds is 23. The highest BCUT2D eigenvalue weighted by molar-refractivity contribution is 7.98. The van der Waals surface area contributed by atoms with Gasteiger partial charge in [-0.25, -0.2) is 4.39 Å². The lowest BCUT2D eigenvalue weighted by atomic mass is 10.1. The van der Waals surface area contributed by atoms with Crippen molar-refractivity contribution in [1.29, 1.82) is 0 Å². The summed E-state index contributed by atoms with van der Waals surface area (Å²) in [5, 5.41) is 0. The van der Waals surface area contributed by atoms with Crippen molar-refractivity contribution in [3.63, 3.8) is 0 Å². The Morgan fingerprint density at radius 2 is 1.43 bits per heavy atom. The lowest BCUT2D eigenvalue weighted by Crippen LogP contribution is -2.28. The van der Waals surface area contributed by atoms with Crippen molar-refractivity contribution in [2.45, 2.75) is 116 Å². The van der Waals surface area contributed by atoms with Gasteiger partial charge in [0, 0.05) is 32.1 Å². The van der Waals surface area contributed by atoms with Crippen LogP contribution in [0.4, 0.5) is 4.39 Å². The Labute approximate surface area is 266 Å². The SMILES string of the molecule is CC=CCC(CC(=O)OC(CC=CCCC)CC(C)=O)OC(=O)CC(C)OC(=O)CC(CCSCc1ccc(F)cc1)OC. The fraction of sp³-hybridized carbons (Fsp3) is 0.588. The van der Waals surface area contributed by atoms with Crippen molar-refractivity contribution >= 4 is 35.5 Å². The molecule has 246 valence electrons. The number of Topliss-reactive ketones (excluding diaryl/α,β-unsaturated/α-hetero) is 1. The Hall–Kier alpha value is -2.98. The lowest BCUT2D eigenvalue weighted by Gasteiger charge is -2.20. The standard InChI is InChI=1S/C34H49FO8S/c1-6-8-10-11-13-30(20-25(3)36)42-34(39)23-31(12-9-7-2)43-32(37)21-26(4)41-33(38)22-29(40-5)18-19-44-24-27-14-16-28(35)17-15-27/h7,9-11,14-17,26,29-31H,6,8,12-13,18-24H2,1-5H3. The average molecular weight is 637 g/mol. The van der Waals surface area contributed by atoms with E-state index in [1.165, 1.54) is 26.2 Å². The summed E-state index contributed by atoms with van der Waals surface area (Å²) < 4.78 is 35.0. The number of unbranched alkanes of at least 4 members (excludes halogenated alkanes) is 1. The Morgan fingerprint density at radius 1 is 0.841 bits per heavy atom. The number of allylic oxidation sites excluding steroid dienone is 2. The van der Waals surface area contributed by atoms with Gasteiger partial charge in [-0.05, 0) is 57.1 Å². The highest BCUT2D eigenvalue weighted by Gasteiger charge is 2.24. The molecule has 0 aliphatic rings. The number of halogens is 1. The first-order valence-corrected chi connectivity index (χ1v) is 16.4. The third kappa shape index (κ3) is 19.3. The summed E-state index contributed by atoms with van der Waals surface area (Å²) in [4.78, 5) is 49.5. The molecule has 0 aliphatic heterocycles. The first-order chi connectivity index (χ1) is 21.1. The minimum atomic E-state index is -0.756. The molecule has 4 unspecified atom stereocenters. The van der Waals surface area contributed by atoms with E-state index in [0.29, 0.717) is 19.3 Å². The Balaban J connectivity index is 2.52. The number of benzene rings is 1. The molecule has 0 spiro atoms. The van der Waals surface area contributed by atoms with Gasteiger partial charge in [0.1, 0.15) is 29.9 Å². The van der Waals surface area contributed by atoms with Gasteiger partial charge in [0.15, 0.2) is 0 Å². The summed E-state index contributed by atoms with van der Waals surface area (Å²) in [6.45, 7) is 6.94. The van der Waals surface area contributed by atoms with Gasteiger partial charge in [-0.15, -0.1) is 0 Å². The maximum absolute atomic E-state index is 13.0. The zero-order valence-electron chi connectivity index (χ0n) is 26.8. The molecule has 0 heterocycles.